The molecule has 0 amide bonds. The van der Waals surface area contributed by atoms with Gasteiger partial charge >= 0.3 is 0 Å². The third-order valence-electron chi connectivity index (χ3n) is 1.75. The zero-order valence-electron chi connectivity index (χ0n) is 6.83. The van der Waals surface area contributed by atoms with Crippen molar-refractivity contribution in [2.24, 2.45) is 0 Å². The van der Waals surface area contributed by atoms with E-state index in [0.29, 0.717) is 0 Å². The minimum atomic E-state index is 0.982. The van der Waals surface area contributed by atoms with Crippen molar-refractivity contribution in [3.05, 3.63) is 24.2 Å². The number of hydrogen-bond acceptors (Lipinski definition) is 2. The van der Waals surface area contributed by atoms with Crippen molar-refractivity contribution in [3.63, 3.8) is 0 Å². The fourth-order valence-corrected chi connectivity index (χ4v) is 0.924. The van der Waals surface area contributed by atoms with Crippen LogP contribution in [0, 0.1) is 0 Å². The van der Waals surface area contributed by atoms with Gasteiger partial charge in [0.05, 0.1) is 6.67 Å². The van der Waals surface area contributed by atoms with Crippen LogP contribution in [0.4, 0.5) is 0 Å². The standard InChI is InChI=1S/C8H14N2/c1-4-8(2)10-6-5-9(3)7-10/h4-6H,7H2,1-3H3. The van der Waals surface area contributed by atoms with Gasteiger partial charge in [-0.2, -0.15) is 0 Å². The molecule has 0 aliphatic carbocycles. The minimum absolute atomic E-state index is 0.982. The van der Waals surface area contributed by atoms with E-state index in [1.165, 1.54) is 5.70 Å². The lowest BCUT2D eigenvalue weighted by Crippen LogP contribution is -2.20. The van der Waals surface area contributed by atoms with Gasteiger partial charge in [-0.1, -0.05) is 6.08 Å². The summed E-state index contributed by atoms with van der Waals surface area (Å²) in [5, 5.41) is 0. The molecule has 0 radical (unpaired) electrons. The van der Waals surface area contributed by atoms with Crippen LogP contribution in [0.1, 0.15) is 13.8 Å². The lowest BCUT2D eigenvalue weighted by molar-refractivity contribution is 0.345. The van der Waals surface area contributed by atoms with Crippen LogP contribution >= 0.6 is 0 Å². The van der Waals surface area contributed by atoms with Gasteiger partial charge < -0.3 is 9.80 Å². The first-order valence-corrected chi connectivity index (χ1v) is 3.52. The summed E-state index contributed by atoms with van der Waals surface area (Å²) in [6.45, 7) is 5.15. The molecule has 0 spiro atoms. The highest BCUT2D eigenvalue weighted by molar-refractivity contribution is 5.04. The Morgan fingerprint density at radius 3 is 2.60 bits per heavy atom. The molecule has 1 rings (SSSR count). The zero-order valence-corrected chi connectivity index (χ0v) is 6.83. The third kappa shape index (κ3) is 1.32. The van der Waals surface area contributed by atoms with Gasteiger partial charge in [-0.15, -0.1) is 0 Å². The Morgan fingerprint density at radius 1 is 1.50 bits per heavy atom. The molecule has 0 bridgehead atoms. The molecule has 0 aromatic carbocycles. The molecule has 2 nitrogen and oxygen atoms in total. The van der Waals surface area contributed by atoms with Gasteiger partial charge in [-0.05, 0) is 13.8 Å². The van der Waals surface area contributed by atoms with Gasteiger partial charge in [-0.3, -0.25) is 0 Å². The topological polar surface area (TPSA) is 6.48 Å². The van der Waals surface area contributed by atoms with Crippen molar-refractivity contribution in [2.75, 3.05) is 13.7 Å². The van der Waals surface area contributed by atoms with Crippen molar-refractivity contribution in [1.82, 2.24) is 9.80 Å². The Kier molecular flexibility index (Phi) is 2.00. The number of nitrogens with zero attached hydrogens (tertiary/aromatic N) is 2. The van der Waals surface area contributed by atoms with E-state index in [2.05, 4.69) is 49.2 Å². The molecule has 0 unspecified atom stereocenters. The predicted octanol–water partition coefficient (Wildman–Crippen LogP) is 1.59. The van der Waals surface area contributed by atoms with Crippen LogP contribution in [0.15, 0.2) is 24.2 Å². The van der Waals surface area contributed by atoms with Crippen LogP contribution in [-0.2, 0) is 0 Å². The maximum Gasteiger partial charge on any atom is 0.0935 e. The van der Waals surface area contributed by atoms with Crippen LogP contribution in [0.2, 0.25) is 0 Å². The fourth-order valence-electron chi connectivity index (χ4n) is 0.924. The fraction of sp³-hybridized carbons (Fsp3) is 0.500. The zero-order chi connectivity index (χ0) is 7.56. The number of hydrogen-bond donors (Lipinski definition) is 0. The summed E-state index contributed by atoms with van der Waals surface area (Å²) in [6, 6.07) is 0. The summed E-state index contributed by atoms with van der Waals surface area (Å²) in [7, 11) is 2.07. The van der Waals surface area contributed by atoms with Gasteiger partial charge in [0, 0.05) is 25.1 Å². The van der Waals surface area contributed by atoms with Crippen LogP contribution < -0.4 is 0 Å². The first-order chi connectivity index (χ1) is 4.74. The van der Waals surface area contributed by atoms with E-state index < -0.39 is 0 Å². The monoisotopic (exact) mass is 138 g/mol. The van der Waals surface area contributed by atoms with Crippen molar-refractivity contribution in [2.45, 2.75) is 13.8 Å². The molecule has 1 heterocycles. The maximum absolute atomic E-state index is 2.21. The second-order valence-corrected chi connectivity index (χ2v) is 2.60. The highest BCUT2D eigenvalue weighted by atomic mass is 15.3. The molecule has 10 heavy (non-hydrogen) atoms. The van der Waals surface area contributed by atoms with Gasteiger partial charge in [0.15, 0.2) is 0 Å². The van der Waals surface area contributed by atoms with E-state index in [0.717, 1.165) is 6.67 Å². The Hall–Kier alpha value is -0.920. The Morgan fingerprint density at radius 2 is 2.20 bits per heavy atom. The molecule has 1 aliphatic heterocycles. The average molecular weight is 138 g/mol. The largest absolute Gasteiger partial charge is 0.361 e. The molecule has 1 aliphatic rings. The SMILES string of the molecule is CC=C(C)N1C=CN(C)C1. The molecular formula is C8H14N2. The molecule has 0 N–H and O–H groups in total. The second kappa shape index (κ2) is 2.78. The van der Waals surface area contributed by atoms with Crippen LogP contribution in [-0.4, -0.2) is 23.5 Å². The molecule has 0 aromatic rings. The van der Waals surface area contributed by atoms with E-state index in [-0.39, 0.29) is 0 Å². The molecule has 0 saturated carbocycles. The smallest absolute Gasteiger partial charge is 0.0935 e. The summed E-state index contributed by atoms with van der Waals surface area (Å²) < 4.78 is 0. The van der Waals surface area contributed by atoms with Gasteiger partial charge in [0.2, 0.25) is 0 Å². The summed E-state index contributed by atoms with van der Waals surface area (Å²) in [4.78, 5) is 4.35. The molecular weight excluding hydrogens is 124 g/mol. The summed E-state index contributed by atoms with van der Waals surface area (Å²) >= 11 is 0. The Balaban J connectivity index is 2.54. The lowest BCUT2D eigenvalue weighted by Gasteiger charge is -2.17. The van der Waals surface area contributed by atoms with Gasteiger partial charge in [0.1, 0.15) is 0 Å². The first-order valence-electron chi connectivity index (χ1n) is 3.52. The van der Waals surface area contributed by atoms with Crippen molar-refractivity contribution in [3.8, 4) is 0 Å². The molecule has 0 aromatic heterocycles. The summed E-state index contributed by atoms with van der Waals surface area (Å²) in [5.74, 6) is 0. The van der Waals surface area contributed by atoms with Crippen molar-refractivity contribution < 1.29 is 0 Å². The average Bonchev–Trinajstić information content (AvgIpc) is 2.34. The highest BCUT2D eigenvalue weighted by Crippen LogP contribution is 2.10. The Labute approximate surface area is 62.4 Å². The van der Waals surface area contributed by atoms with Crippen LogP contribution in [0.5, 0.6) is 0 Å². The first kappa shape index (κ1) is 7.19. The quantitative estimate of drug-likeness (QED) is 0.543. The predicted molar refractivity (Wildman–Crippen MR) is 43.0 cm³/mol. The van der Waals surface area contributed by atoms with E-state index in [9.17, 15) is 0 Å². The molecule has 0 saturated heterocycles. The van der Waals surface area contributed by atoms with E-state index in [1.807, 2.05) is 0 Å². The molecule has 0 fully saturated rings. The maximum atomic E-state index is 2.21. The van der Waals surface area contributed by atoms with Crippen LogP contribution in [0.25, 0.3) is 0 Å². The molecule has 56 valence electrons. The highest BCUT2D eigenvalue weighted by Gasteiger charge is 2.07. The molecule has 0 atom stereocenters. The summed E-state index contributed by atoms with van der Waals surface area (Å²) in [6.07, 6.45) is 6.28. The minimum Gasteiger partial charge on any atom is -0.361 e. The molecule has 2 heteroatoms. The second-order valence-electron chi connectivity index (χ2n) is 2.60. The van der Waals surface area contributed by atoms with E-state index in [1.54, 1.807) is 0 Å². The summed E-state index contributed by atoms with van der Waals surface area (Å²) in [5.41, 5.74) is 1.31. The van der Waals surface area contributed by atoms with Gasteiger partial charge in [0.25, 0.3) is 0 Å². The third-order valence-corrected chi connectivity index (χ3v) is 1.75. The van der Waals surface area contributed by atoms with Crippen LogP contribution in [0.3, 0.4) is 0 Å². The van der Waals surface area contributed by atoms with Crippen molar-refractivity contribution in [1.29, 1.82) is 0 Å². The van der Waals surface area contributed by atoms with Crippen molar-refractivity contribution >= 4 is 0 Å². The van der Waals surface area contributed by atoms with E-state index >= 15 is 0 Å². The Bertz CT molecular complexity index is 170. The normalized spacial score (nSPS) is 18.9. The van der Waals surface area contributed by atoms with E-state index in [4.69, 9.17) is 0 Å². The van der Waals surface area contributed by atoms with Gasteiger partial charge in [-0.25, -0.2) is 0 Å². The lowest BCUT2D eigenvalue weighted by atomic mass is 10.4. The number of allylic oxidation sites excluding steroid dienone is 2. The number of rotatable bonds is 1.